The summed E-state index contributed by atoms with van der Waals surface area (Å²) in [5, 5.41) is 9.67. The summed E-state index contributed by atoms with van der Waals surface area (Å²) in [6, 6.07) is 73.1. The number of rotatable bonds is 6. The molecule has 0 saturated carbocycles. The lowest BCUT2D eigenvalue weighted by molar-refractivity contribution is 0.651. The first-order valence-electron chi connectivity index (χ1n) is 23.6. The van der Waals surface area contributed by atoms with Crippen molar-refractivity contribution in [2.75, 3.05) is 9.80 Å². The Balaban J connectivity index is 1.11. The van der Waals surface area contributed by atoms with Gasteiger partial charge in [0.15, 0.2) is 0 Å². The molecule has 316 valence electrons. The van der Waals surface area contributed by atoms with Crippen LogP contribution in [0.2, 0.25) is 0 Å². The molecule has 2 heteroatoms. The summed E-state index contributed by atoms with van der Waals surface area (Å²) in [6.07, 6.45) is 6.89. The van der Waals surface area contributed by atoms with Crippen LogP contribution in [-0.4, -0.2) is 0 Å². The molecule has 0 aliphatic heterocycles. The Hall–Kier alpha value is -7.68. The van der Waals surface area contributed by atoms with Gasteiger partial charge < -0.3 is 9.80 Å². The van der Waals surface area contributed by atoms with Gasteiger partial charge in [0.05, 0.1) is 11.4 Å². The molecule has 0 unspecified atom stereocenters. The van der Waals surface area contributed by atoms with Crippen LogP contribution in [0.5, 0.6) is 0 Å². The Bertz CT molecular complexity index is 3670. The summed E-state index contributed by atoms with van der Waals surface area (Å²) in [6.45, 7) is 9.52. The fourth-order valence-corrected chi connectivity index (χ4v) is 12.0. The molecule has 0 spiro atoms. The highest BCUT2D eigenvalue weighted by atomic mass is 15.2. The average molecular weight is 847 g/mol. The fraction of sp³-hybridized carbons (Fsp3) is 0.125. The molecule has 2 nitrogen and oxygen atoms in total. The van der Waals surface area contributed by atoms with E-state index >= 15 is 0 Å². The number of allylic oxidation sites excluding steroid dienone is 4. The van der Waals surface area contributed by atoms with Crippen LogP contribution in [0.1, 0.15) is 62.8 Å². The van der Waals surface area contributed by atoms with Gasteiger partial charge in [-0.15, -0.1) is 0 Å². The van der Waals surface area contributed by atoms with Gasteiger partial charge in [-0.2, -0.15) is 0 Å². The van der Waals surface area contributed by atoms with E-state index in [1.807, 2.05) is 0 Å². The number of hydrogen-bond acceptors (Lipinski definition) is 2. The van der Waals surface area contributed by atoms with E-state index in [2.05, 4.69) is 244 Å². The minimum atomic E-state index is -0.0927. The van der Waals surface area contributed by atoms with Crippen LogP contribution >= 0.6 is 0 Å². The second-order valence-corrected chi connectivity index (χ2v) is 19.6. The van der Waals surface area contributed by atoms with Crippen LogP contribution in [0.3, 0.4) is 0 Å². The maximum atomic E-state index is 2.56. The van der Waals surface area contributed by atoms with Gasteiger partial charge in [-0.3, -0.25) is 0 Å². The van der Waals surface area contributed by atoms with Crippen molar-refractivity contribution in [3.63, 3.8) is 0 Å². The van der Waals surface area contributed by atoms with Crippen molar-refractivity contribution < 1.29 is 0 Å². The Kier molecular flexibility index (Phi) is 8.46. The number of nitrogens with zero attached hydrogens (tertiary/aromatic N) is 2. The summed E-state index contributed by atoms with van der Waals surface area (Å²) in [5.74, 6) is 0. The topological polar surface area (TPSA) is 6.48 Å². The molecule has 0 atom stereocenters. The SMILES string of the molecule is CC1(C)C2=C(CCC=C2)c2cc(N(c3ccc4ccccc4c3)c3c4ccccc4c(N(c4ccc5c(c4)-c4ccccc4C5(C)C)c4ccc5ccccc5c4)c4ccccc34)ccc21. The smallest absolute Gasteiger partial charge is 0.0619 e. The van der Waals surface area contributed by atoms with E-state index in [0.29, 0.717) is 0 Å². The molecule has 0 heterocycles. The van der Waals surface area contributed by atoms with E-state index in [0.717, 1.165) is 35.6 Å². The zero-order valence-corrected chi connectivity index (χ0v) is 37.9. The third-order valence-corrected chi connectivity index (χ3v) is 15.2. The molecule has 0 bridgehead atoms. The van der Waals surface area contributed by atoms with Crippen molar-refractivity contribution in [2.45, 2.75) is 51.4 Å². The molecule has 10 aromatic rings. The molecule has 0 amide bonds. The molecule has 3 aliphatic carbocycles. The molecule has 0 radical (unpaired) electrons. The fourth-order valence-electron chi connectivity index (χ4n) is 12.0. The van der Waals surface area contributed by atoms with Gasteiger partial charge in [0, 0.05) is 55.1 Å². The van der Waals surface area contributed by atoms with Crippen LogP contribution < -0.4 is 9.80 Å². The molecular formula is C64H50N2. The predicted molar refractivity (Wildman–Crippen MR) is 282 cm³/mol. The molecule has 10 aromatic carbocycles. The van der Waals surface area contributed by atoms with Crippen LogP contribution in [-0.2, 0) is 10.8 Å². The maximum absolute atomic E-state index is 2.56. The zero-order valence-electron chi connectivity index (χ0n) is 37.9. The third-order valence-electron chi connectivity index (χ3n) is 15.2. The normalized spacial score (nSPS) is 15.3. The lowest BCUT2D eigenvalue weighted by atomic mass is 9.80. The minimum Gasteiger partial charge on any atom is -0.309 e. The largest absolute Gasteiger partial charge is 0.309 e. The zero-order chi connectivity index (χ0) is 44.3. The van der Waals surface area contributed by atoms with Crippen LogP contribution in [0.15, 0.2) is 212 Å². The molecule has 0 aromatic heterocycles. The van der Waals surface area contributed by atoms with Crippen molar-refractivity contribution in [3.8, 4) is 11.1 Å². The third kappa shape index (κ3) is 5.67. The first-order valence-corrected chi connectivity index (χ1v) is 23.6. The van der Waals surface area contributed by atoms with Crippen molar-refractivity contribution in [1.82, 2.24) is 0 Å². The summed E-state index contributed by atoms with van der Waals surface area (Å²) >= 11 is 0. The second kappa shape index (κ2) is 14.4. The van der Waals surface area contributed by atoms with Crippen molar-refractivity contribution >= 4 is 82.8 Å². The van der Waals surface area contributed by atoms with E-state index < -0.39 is 0 Å². The summed E-state index contributed by atoms with van der Waals surface area (Å²) in [4.78, 5) is 5.09. The summed E-state index contributed by atoms with van der Waals surface area (Å²) in [7, 11) is 0. The quantitative estimate of drug-likeness (QED) is 0.122. The lowest BCUT2D eigenvalue weighted by Gasteiger charge is -2.33. The second-order valence-electron chi connectivity index (χ2n) is 19.6. The molecule has 66 heavy (non-hydrogen) atoms. The van der Waals surface area contributed by atoms with Crippen LogP contribution in [0.25, 0.3) is 59.8 Å². The minimum absolute atomic E-state index is 0.0451. The number of fused-ring (bicyclic) bond motifs is 9. The summed E-state index contributed by atoms with van der Waals surface area (Å²) in [5.41, 5.74) is 17.9. The van der Waals surface area contributed by atoms with Gasteiger partial charge in [-0.1, -0.05) is 185 Å². The summed E-state index contributed by atoms with van der Waals surface area (Å²) < 4.78 is 0. The highest BCUT2D eigenvalue weighted by molar-refractivity contribution is 6.23. The maximum Gasteiger partial charge on any atom is 0.0619 e. The van der Waals surface area contributed by atoms with E-state index in [1.54, 1.807) is 0 Å². The Morgan fingerprint density at radius 2 is 0.788 bits per heavy atom. The lowest BCUT2D eigenvalue weighted by Crippen LogP contribution is -2.17. The number of hydrogen-bond donors (Lipinski definition) is 0. The van der Waals surface area contributed by atoms with Gasteiger partial charge in [0.25, 0.3) is 0 Å². The highest BCUT2D eigenvalue weighted by Gasteiger charge is 2.39. The van der Waals surface area contributed by atoms with Crippen LogP contribution in [0, 0.1) is 0 Å². The van der Waals surface area contributed by atoms with Crippen molar-refractivity contribution in [3.05, 3.63) is 234 Å². The molecule has 3 aliphatic rings. The van der Waals surface area contributed by atoms with Crippen molar-refractivity contribution in [1.29, 1.82) is 0 Å². The Labute approximate surface area is 387 Å². The molecule has 0 saturated heterocycles. The van der Waals surface area contributed by atoms with Gasteiger partial charge in [0.2, 0.25) is 0 Å². The molecule has 13 rings (SSSR count). The van der Waals surface area contributed by atoms with Crippen LogP contribution in [0.4, 0.5) is 34.1 Å². The van der Waals surface area contributed by atoms with Crippen molar-refractivity contribution in [2.24, 2.45) is 0 Å². The standard InChI is InChI=1S/C64H50N2/c1-63(2)57-27-15-13-21-49(57)55-39-47(33-35-59(55)63)65(45-31-29-41-17-5-7-19-43(41)37-45)61-51-23-9-11-25-53(51)62(54-26-12-10-24-52(54)61)66(46-32-30-42-18-6-8-20-44(42)38-46)48-34-36-60-56(40-48)50-22-14-16-28-58(50)64(60,3)4/h5-13,15-21,23-40H,14,22H2,1-4H3. The molecule has 0 N–H and O–H groups in total. The van der Waals surface area contributed by atoms with E-state index in [9.17, 15) is 0 Å². The van der Waals surface area contributed by atoms with E-state index in [-0.39, 0.29) is 10.8 Å². The first-order chi connectivity index (χ1) is 32.3. The predicted octanol–water partition coefficient (Wildman–Crippen LogP) is 17.9. The Morgan fingerprint density at radius 3 is 1.35 bits per heavy atom. The Morgan fingerprint density at radius 1 is 0.364 bits per heavy atom. The van der Waals surface area contributed by atoms with Gasteiger partial charge in [-0.25, -0.2) is 0 Å². The number of benzene rings is 10. The molecular weight excluding hydrogens is 797 g/mol. The van der Waals surface area contributed by atoms with Gasteiger partial charge in [0.1, 0.15) is 0 Å². The van der Waals surface area contributed by atoms with Gasteiger partial charge in [-0.05, 0) is 127 Å². The highest BCUT2D eigenvalue weighted by Crippen LogP contribution is 2.56. The molecule has 0 fully saturated rings. The monoisotopic (exact) mass is 846 g/mol. The van der Waals surface area contributed by atoms with E-state index in [4.69, 9.17) is 0 Å². The first kappa shape index (κ1) is 38.8. The average Bonchev–Trinajstić information content (AvgIpc) is 3.73. The van der Waals surface area contributed by atoms with Gasteiger partial charge >= 0.3 is 0 Å². The van der Waals surface area contributed by atoms with E-state index in [1.165, 1.54) is 99.0 Å². The number of anilines is 6.